The van der Waals surface area contributed by atoms with Crippen molar-refractivity contribution in [3.8, 4) is 0 Å². The maximum absolute atomic E-state index is 12.0. The van der Waals surface area contributed by atoms with Gasteiger partial charge in [0.05, 0.1) is 6.33 Å². The molecule has 1 aliphatic rings. The number of aromatic nitrogens is 2. The topological polar surface area (TPSA) is 41.4 Å². The van der Waals surface area contributed by atoms with Gasteiger partial charge in [0.1, 0.15) is 0 Å². The Labute approximate surface area is 102 Å². The summed E-state index contributed by atoms with van der Waals surface area (Å²) in [6, 6.07) is 0. The Morgan fingerprint density at radius 2 is 2.00 bits per heavy atom. The first-order chi connectivity index (χ1) is 8.16. The predicted molar refractivity (Wildman–Crippen MR) is 65.6 cm³/mol. The van der Waals surface area contributed by atoms with Gasteiger partial charge in [-0.05, 0) is 13.5 Å². The summed E-state index contributed by atoms with van der Waals surface area (Å²) in [5.41, 5.74) is 1.12. The summed E-state index contributed by atoms with van der Waals surface area (Å²) < 4.78 is 1.97. The first-order valence-electron chi connectivity index (χ1n) is 6.08. The normalized spacial score (nSPS) is 17.4. The van der Waals surface area contributed by atoms with Gasteiger partial charge < -0.3 is 14.4 Å². The standard InChI is InChI=1S/C12H20N4O/c1-14-5-7-16(8-6-14)12(17)4-3-11-9-13-10-15(11)2/h9-10H,3-8H2,1-2H3. The lowest BCUT2D eigenvalue weighted by Crippen LogP contribution is -2.47. The van der Waals surface area contributed by atoms with E-state index in [1.807, 2.05) is 22.7 Å². The molecule has 17 heavy (non-hydrogen) atoms. The van der Waals surface area contributed by atoms with Crippen LogP contribution < -0.4 is 0 Å². The van der Waals surface area contributed by atoms with Gasteiger partial charge in [-0.2, -0.15) is 0 Å². The molecule has 0 unspecified atom stereocenters. The molecular formula is C12H20N4O. The second kappa shape index (κ2) is 5.31. The summed E-state index contributed by atoms with van der Waals surface area (Å²) in [6.45, 7) is 3.69. The predicted octanol–water partition coefficient (Wildman–Crippen LogP) is 0.127. The van der Waals surface area contributed by atoms with Crippen LogP contribution in [0.3, 0.4) is 0 Å². The Morgan fingerprint density at radius 3 is 2.59 bits per heavy atom. The maximum atomic E-state index is 12.0. The van der Waals surface area contributed by atoms with Crippen LogP contribution in [0, 0.1) is 0 Å². The largest absolute Gasteiger partial charge is 0.340 e. The molecule has 0 spiro atoms. The van der Waals surface area contributed by atoms with Crippen molar-refractivity contribution < 1.29 is 4.79 Å². The molecule has 0 radical (unpaired) electrons. The molecule has 1 amide bonds. The molecule has 2 heterocycles. The molecule has 1 aromatic rings. The lowest BCUT2D eigenvalue weighted by molar-refractivity contribution is -0.132. The molecule has 0 atom stereocenters. The van der Waals surface area contributed by atoms with Crippen LogP contribution in [0.1, 0.15) is 12.1 Å². The summed E-state index contributed by atoms with van der Waals surface area (Å²) in [5, 5.41) is 0. The molecule has 0 aromatic carbocycles. The number of aryl methyl sites for hydroxylation is 2. The number of rotatable bonds is 3. The van der Waals surface area contributed by atoms with Gasteiger partial charge in [-0.15, -0.1) is 0 Å². The second-order valence-electron chi connectivity index (χ2n) is 4.68. The van der Waals surface area contributed by atoms with Crippen molar-refractivity contribution in [1.29, 1.82) is 0 Å². The van der Waals surface area contributed by atoms with Crippen LogP contribution in [0.4, 0.5) is 0 Å². The summed E-state index contributed by atoms with van der Waals surface area (Å²) in [4.78, 5) is 20.3. The van der Waals surface area contributed by atoms with Crippen LogP contribution in [0.2, 0.25) is 0 Å². The quantitative estimate of drug-likeness (QED) is 0.749. The molecule has 1 fully saturated rings. The van der Waals surface area contributed by atoms with E-state index >= 15 is 0 Å². The molecule has 94 valence electrons. The van der Waals surface area contributed by atoms with E-state index in [2.05, 4.69) is 16.9 Å². The monoisotopic (exact) mass is 236 g/mol. The number of carbonyl (C=O) groups excluding carboxylic acids is 1. The van der Waals surface area contributed by atoms with Crippen LogP contribution in [-0.2, 0) is 18.3 Å². The van der Waals surface area contributed by atoms with Gasteiger partial charge in [0.15, 0.2) is 0 Å². The summed E-state index contributed by atoms with van der Waals surface area (Å²) in [6.07, 6.45) is 4.97. The van der Waals surface area contributed by atoms with E-state index < -0.39 is 0 Å². The number of amides is 1. The zero-order valence-electron chi connectivity index (χ0n) is 10.6. The van der Waals surface area contributed by atoms with Crippen LogP contribution in [-0.4, -0.2) is 58.5 Å². The third-order valence-electron chi connectivity index (χ3n) is 3.37. The SMILES string of the molecule is CN1CCN(C(=O)CCc2cncn2C)CC1. The van der Waals surface area contributed by atoms with E-state index in [1.54, 1.807) is 6.33 Å². The number of hydrogen-bond acceptors (Lipinski definition) is 3. The zero-order chi connectivity index (χ0) is 12.3. The molecule has 0 bridgehead atoms. The minimum atomic E-state index is 0.263. The highest BCUT2D eigenvalue weighted by molar-refractivity contribution is 5.76. The molecule has 1 saturated heterocycles. The average molecular weight is 236 g/mol. The molecular weight excluding hydrogens is 216 g/mol. The molecule has 0 aliphatic carbocycles. The van der Waals surface area contributed by atoms with Crippen molar-refractivity contribution >= 4 is 5.91 Å². The Hall–Kier alpha value is -1.36. The number of piperazine rings is 1. The average Bonchev–Trinajstić information content (AvgIpc) is 2.73. The minimum absolute atomic E-state index is 0.263. The first-order valence-corrected chi connectivity index (χ1v) is 6.08. The fourth-order valence-electron chi connectivity index (χ4n) is 2.07. The van der Waals surface area contributed by atoms with E-state index in [0.29, 0.717) is 6.42 Å². The van der Waals surface area contributed by atoms with Crippen molar-refractivity contribution in [3.05, 3.63) is 18.2 Å². The second-order valence-corrected chi connectivity index (χ2v) is 4.68. The minimum Gasteiger partial charge on any atom is -0.340 e. The van der Waals surface area contributed by atoms with E-state index in [1.165, 1.54) is 0 Å². The molecule has 0 N–H and O–H groups in total. The Morgan fingerprint density at radius 1 is 1.29 bits per heavy atom. The van der Waals surface area contributed by atoms with Crippen molar-refractivity contribution in [2.75, 3.05) is 33.2 Å². The molecule has 5 nitrogen and oxygen atoms in total. The number of hydrogen-bond donors (Lipinski definition) is 0. The van der Waals surface area contributed by atoms with E-state index in [9.17, 15) is 4.79 Å². The van der Waals surface area contributed by atoms with Gasteiger partial charge in [-0.3, -0.25) is 4.79 Å². The molecule has 5 heteroatoms. The molecule has 1 aliphatic heterocycles. The number of likely N-dealkylation sites (N-methyl/N-ethyl adjacent to an activating group) is 1. The summed E-state index contributed by atoms with van der Waals surface area (Å²) in [5.74, 6) is 0.263. The lowest BCUT2D eigenvalue weighted by atomic mass is 10.2. The Kier molecular flexibility index (Phi) is 3.78. The maximum Gasteiger partial charge on any atom is 0.223 e. The van der Waals surface area contributed by atoms with Gasteiger partial charge in [0, 0.05) is 51.5 Å². The van der Waals surface area contributed by atoms with Crippen molar-refractivity contribution in [3.63, 3.8) is 0 Å². The molecule has 1 aromatic heterocycles. The molecule has 2 rings (SSSR count). The zero-order valence-corrected chi connectivity index (χ0v) is 10.6. The first kappa shape index (κ1) is 12.1. The number of carbonyl (C=O) groups is 1. The van der Waals surface area contributed by atoms with Crippen molar-refractivity contribution in [2.24, 2.45) is 7.05 Å². The highest BCUT2D eigenvalue weighted by Crippen LogP contribution is 2.06. The van der Waals surface area contributed by atoms with Gasteiger partial charge in [-0.1, -0.05) is 0 Å². The lowest BCUT2D eigenvalue weighted by Gasteiger charge is -2.32. The Balaban J connectivity index is 1.80. The summed E-state index contributed by atoms with van der Waals surface area (Å²) >= 11 is 0. The number of imidazole rings is 1. The smallest absolute Gasteiger partial charge is 0.223 e. The van der Waals surface area contributed by atoms with Gasteiger partial charge in [0.2, 0.25) is 5.91 Å². The van der Waals surface area contributed by atoms with Crippen LogP contribution in [0.15, 0.2) is 12.5 Å². The van der Waals surface area contributed by atoms with Crippen LogP contribution in [0.5, 0.6) is 0 Å². The Bertz CT molecular complexity index is 380. The summed E-state index contributed by atoms with van der Waals surface area (Å²) in [7, 11) is 4.06. The fourth-order valence-corrected chi connectivity index (χ4v) is 2.07. The highest BCUT2D eigenvalue weighted by atomic mass is 16.2. The highest BCUT2D eigenvalue weighted by Gasteiger charge is 2.18. The van der Waals surface area contributed by atoms with E-state index in [4.69, 9.17) is 0 Å². The van der Waals surface area contributed by atoms with Crippen LogP contribution >= 0.6 is 0 Å². The van der Waals surface area contributed by atoms with E-state index in [0.717, 1.165) is 38.3 Å². The van der Waals surface area contributed by atoms with E-state index in [-0.39, 0.29) is 5.91 Å². The molecule has 0 saturated carbocycles. The third kappa shape index (κ3) is 3.06. The van der Waals surface area contributed by atoms with Gasteiger partial charge in [0.25, 0.3) is 0 Å². The number of nitrogens with zero attached hydrogens (tertiary/aromatic N) is 4. The van der Waals surface area contributed by atoms with Crippen molar-refractivity contribution in [2.45, 2.75) is 12.8 Å². The van der Waals surface area contributed by atoms with Gasteiger partial charge >= 0.3 is 0 Å². The van der Waals surface area contributed by atoms with Crippen LogP contribution in [0.25, 0.3) is 0 Å². The van der Waals surface area contributed by atoms with Crippen molar-refractivity contribution in [1.82, 2.24) is 19.4 Å². The van der Waals surface area contributed by atoms with Gasteiger partial charge in [-0.25, -0.2) is 4.98 Å². The third-order valence-corrected chi connectivity index (χ3v) is 3.37. The fraction of sp³-hybridized carbons (Fsp3) is 0.667.